The quantitative estimate of drug-likeness (QED) is 0.840. The van der Waals surface area contributed by atoms with Crippen molar-refractivity contribution in [3.05, 3.63) is 17.6 Å². The third-order valence-corrected chi connectivity index (χ3v) is 2.90. The third kappa shape index (κ3) is 3.68. The van der Waals surface area contributed by atoms with E-state index in [0.717, 1.165) is 11.5 Å². The molecule has 0 saturated carbocycles. The van der Waals surface area contributed by atoms with Gasteiger partial charge < -0.3 is 10.4 Å². The molecule has 2 atom stereocenters. The Bertz CT molecular complexity index is 432. The lowest BCUT2D eigenvalue weighted by atomic mass is 10.0. The Balaban J connectivity index is 2.87. The second-order valence-electron chi connectivity index (χ2n) is 4.97. The molecule has 1 heterocycles. The van der Waals surface area contributed by atoms with Crippen molar-refractivity contribution < 1.29 is 9.90 Å². The second-order valence-corrected chi connectivity index (χ2v) is 4.97. The maximum atomic E-state index is 10.9. The van der Waals surface area contributed by atoms with Crippen molar-refractivity contribution in [3.63, 3.8) is 0 Å². The Kier molecular flexibility index (Phi) is 4.64. The van der Waals surface area contributed by atoms with Gasteiger partial charge in [-0.1, -0.05) is 13.8 Å². The number of carbonyl (C=O) groups is 1. The molecule has 1 aromatic rings. The minimum atomic E-state index is -0.815. The summed E-state index contributed by atoms with van der Waals surface area (Å²) in [6.07, 6.45) is 0. The molecule has 0 aliphatic rings. The number of hydrogen-bond donors (Lipinski definition) is 2. The Morgan fingerprint density at radius 2 is 1.89 bits per heavy atom. The third-order valence-electron chi connectivity index (χ3n) is 2.90. The molecule has 0 bridgehead atoms. The summed E-state index contributed by atoms with van der Waals surface area (Å²) in [6, 6.07) is 1.65. The van der Waals surface area contributed by atoms with Gasteiger partial charge in [0.15, 0.2) is 0 Å². The Morgan fingerprint density at radius 3 is 2.39 bits per heavy atom. The number of anilines is 1. The molecule has 0 aliphatic heterocycles. The molecule has 5 nitrogen and oxygen atoms in total. The monoisotopic (exact) mass is 251 g/mol. The van der Waals surface area contributed by atoms with Crippen molar-refractivity contribution in [1.82, 2.24) is 9.97 Å². The first-order valence-corrected chi connectivity index (χ1v) is 6.16. The molecule has 0 radical (unpaired) electrons. The summed E-state index contributed by atoms with van der Waals surface area (Å²) >= 11 is 0. The predicted octanol–water partition coefficient (Wildman–Crippen LogP) is 2.43. The van der Waals surface area contributed by atoms with Crippen molar-refractivity contribution in [3.8, 4) is 0 Å². The van der Waals surface area contributed by atoms with Gasteiger partial charge in [-0.3, -0.25) is 4.79 Å². The van der Waals surface area contributed by atoms with Gasteiger partial charge in [-0.15, -0.1) is 0 Å². The highest BCUT2D eigenvalue weighted by molar-refractivity contribution is 5.71. The molecular weight excluding hydrogens is 230 g/mol. The first-order chi connectivity index (χ1) is 8.31. The zero-order chi connectivity index (χ0) is 13.9. The summed E-state index contributed by atoms with van der Waals surface area (Å²) in [7, 11) is 0. The van der Waals surface area contributed by atoms with E-state index in [1.54, 1.807) is 6.92 Å². The molecule has 100 valence electrons. The van der Waals surface area contributed by atoms with Crippen molar-refractivity contribution in [2.75, 3.05) is 5.32 Å². The number of aliphatic carboxylic acids is 1. The van der Waals surface area contributed by atoms with Crippen LogP contribution in [0.25, 0.3) is 0 Å². The molecule has 0 spiro atoms. The molecule has 2 N–H and O–H groups in total. The van der Waals surface area contributed by atoms with Crippen LogP contribution in [0.5, 0.6) is 0 Å². The van der Waals surface area contributed by atoms with Crippen molar-refractivity contribution in [1.29, 1.82) is 0 Å². The molecule has 0 aromatic carbocycles. The predicted molar refractivity (Wildman–Crippen MR) is 70.7 cm³/mol. The lowest BCUT2D eigenvalue weighted by Crippen LogP contribution is -2.30. The lowest BCUT2D eigenvalue weighted by molar-refractivity contribution is -0.141. The van der Waals surface area contributed by atoms with Crippen molar-refractivity contribution in [2.45, 2.75) is 46.6 Å². The van der Waals surface area contributed by atoms with Gasteiger partial charge in [-0.25, -0.2) is 9.97 Å². The standard InChI is InChI=1S/C13H21N3O2/c1-7(2)12-14-8(3)6-11(16-12)15-10(5)9(4)13(17)18/h6-7,9-10H,1-5H3,(H,17,18)(H,14,15,16). The van der Waals surface area contributed by atoms with Crippen molar-refractivity contribution >= 4 is 11.8 Å². The van der Waals surface area contributed by atoms with E-state index < -0.39 is 11.9 Å². The average molecular weight is 251 g/mol. The van der Waals surface area contributed by atoms with Gasteiger partial charge in [-0.2, -0.15) is 0 Å². The largest absolute Gasteiger partial charge is 0.481 e. The number of nitrogens with one attached hydrogen (secondary N) is 1. The number of nitrogens with zero attached hydrogens (tertiary/aromatic N) is 2. The fourth-order valence-electron chi connectivity index (χ4n) is 1.50. The van der Waals surface area contributed by atoms with Crippen LogP contribution in [0, 0.1) is 12.8 Å². The number of carboxylic acid groups (broad SMARTS) is 1. The van der Waals surface area contributed by atoms with E-state index in [9.17, 15) is 4.79 Å². The number of aryl methyl sites for hydroxylation is 1. The van der Waals surface area contributed by atoms with Gasteiger partial charge in [0.05, 0.1) is 5.92 Å². The number of aromatic nitrogens is 2. The van der Waals surface area contributed by atoms with Gasteiger partial charge in [0.25, 0.3) is 0 Å². The molecule has 1 aromatic heterocycles. The van der Waals surface area contributed by atoms with E-state index in [1.165, 1.54) is 0 Å². The number of carboxylic acids is 1. The van der Waals surface area contributed by atoms with E-state index in [1.807, 2.05) is 33.8 Å². The Labute approximate surface area is 108 Å². The topological polar surface area (TPSA) is 75.1 Å². The Morgan fingerprint density at radius 1 is 1.28 bits per heavy atom. The van der Waals surface area contributed by atoms with Gasteiger partial charge in [0.2, 0.25) is 0 Å². The molecular formula is C13H21N3O2. The average Bonchev–Trinajstić information content (AvgIpc) is 2.26. The lowest BCUT2D eigenvalue weighted by Gasteiger charge is -2.19. The van der Waals surface area contributed by atoms with Crippen LogP contribution < -0.4 is 5.32 Å². The number of hydrogen-bond acceptors (Lipinski definition) is 4. The maximum Gasteiger partial charge on any atom is 0.308 e. The van der Waals surface area contributed by atoms with E-state index in [-0.39, 0.29) is 12.0 Å². The van der Waals surface area contributed by atoms with Gasteiger partial charge in [-0.05, 0) is 20.8 Å². The fraction of sp³-hybridized carbons (Fsp3) is 0.615. The fourth-order valence-corrected chi connectivity index (χ4v) is 1.50. The van der Waals surface area contributed by atoms with Crippen LogP contribution in [0.15, 0.2) is 6.07 Å². The summed E-state index contributed by atoms with van der Waals surface area (Å²) in [5, 5.41) is 12.1. The van der Waals surface area contributed by atoms with Crippen LogP contribution in [0.1, 0.15) is 45.1 Å². The Hall–Kier alpha value is -1.65. The zero-order valence-corrected chi connectivity index (χ0v) is 11.6. The summed E-state index contributed by atoms with van der Waals surface area (Å²) < 4.78 is 0. The van der Waals surface area contributed by atoms with Crippen molar-refractivity contribution in [2.24, 2.45) is 5.92 Å². The highest BCUT2D eigenvalue weighted by Crippen LogP contribution is 2.16. The van der Waals surface area contributed by atoms with E-state index in [4.69, 9.17) is 5.11 Å². The maximum absolute atomic E-state index is 10.9. The normalized spacial score (nSPS) is 14.3. The van der Waals surface area contributed by atoms with Crippen LogP contribution in [0.2, 0.25) is 0 Å². The van der Waals surface area contributed by atoms with Gasteiger partial charge in [0, 0.05) is 23.7 Å². The molecule has 0 aliphatic carbocycles. The second kappa shape index (κ2) is 5.80. The molecule has 0 saturated heterocycles. The molecule has 0 amide bonds. The van der Waals surface area contributed by atoms with Crippen LogP contribution in [-0.4, -0.2) is 27.1 Å². The van der Waals surface area contributed by atoms with Crippen LogP contribution in [-0.2, 0) is 4.79 Å². The van der Waals surface area contributed by atoms with Crippen LogP contribution >= 0.6 is 0 Å². The van der Waals surface area contributed by atoms with Gasteiger partial charge in [0.1, 0.15) is 11.6 Å². The molecule has 18 heavy (non-hydrogen) atoms. The SMILES string of the molecule is Cc1cc(NC(C)C(C)C(=O)O)nc(C(C)C)n1. The molecule has 1 rings (SSSR count). The first-order valence-electron chi connectivity index (χ1n) is 6.16. The summed E-state index contributed by atoms with van der Waals surface area (Å²) in [4.78, 5) is 19.7. The molecule has 2 unspecified atom stereocenters. The first kappa shape index (κ1) is 14.4. The summed E-state index contributed by atoms with van der Waals surface area (Å²) in [6.45, 7) is 9.48. The zero-order valence-electron chi connectivity index (χ0n) is 11.6. The summed E-state index contributed by atoms with van der Waals surface area (Å²) in [5.41, 5.74) is 0.881. The minimum absolute atomic E-state index is 0.184. The van der Waals surface area contributed by atoms with E-state index >= 15 is 0 Å². The smallest absolute Gasteiger partial charge is 0.308 e. The minimum Gasteiger partial charge on any atom is -0.481 e. The van der Waals surface area contributed by atoms with E-state index in [2.05, 4.69) is 15.3 Å². The number of rotatable bonds is 5. The van der Waals surface area contributed by atoms with Crippen LogP contribution in [0.4, 0.5) is 5.82 Å². The highest BCUT2D eigenvalue weighted by atomic mass is 16.4. The van der Waals surface area contributed by atoms with Crippen LogP contribution in [0.3, 0.4) is 0 Å². The van der Waals surface area contributed by atoms with Gasteiger partial charge >= 0.3 is 5.97 Å². The highest BCUT2D eigenvalue weighted by Gasteiger charge is 2.19. The molecule has 5 heteroatoms. The van der Waals surface area contributed by atoms with E-state index in [0.29, 0.717) is 5.82 Å². The summed E-state index contributed by atoms with van der Waals surface area (Å²) in [5.74, 6) is 0.421. The molecule has 0 fully saturated rings.